The fourth-order valence-electron chi connectivity index (χ4n) is 2.77. The summed E-state index contributed by atoms with van der Waals surface area (Å²) >= 11 is 6.14. The van der Waals surface area contributed by atoms with Crippen LogP contribution >= 0.6 is 11.6 Å². The second kappa shape index (κ2) is 8.59. The number of halogens is 1. The van der Waals surface area contributed by atoms with Crippen molar-refractivity contribution < 1.29 is 19.6 Å². The van der Waals surface area contributed by atoms with Gasteiger partial charge in [-0.25, -0.2) is 14.9 Å². The zero-order valence-electron chi connectivity index (χ0n) is 16.4. The minimum atomic E-state index is -0.653. The van der Waals surface area contributed by atoms with Crippen LogP contribution in [0.15, 0.2) is 47.7 Å². The summed E-state index contributed by atoms with van der Waals surface area (Å²) in [5, 5.41) is 7.71. The maximum absolute atomic E-state index is 12.6. The molecule has 0 saturated heterocycles. The van der Waals surface area contributed by atoms with Crippen LogP contribution in [0.5, 0.6) is 0 Å². The smallest absolute Gasteiger partial charge is 0.408 e. The standard InChI is InChI=1S/C20H22ClN5O3/c1-20(2,3)29-19(28)25-15(11-23-12-6-5-9-22-10-12)17-24-14-8-4-7-13(21)16(14)18(27)26-17/h4-10,15,23H,11H2,1-3H3,(H,25,28)(H,24,26,27)/p+1/t15-/m0/s1. The number of pyridine rings is 1. The molecule has 1 atom stereocenters. The Hall–Kier alpha value is -2.97. The molecule has 0 unspecified atom stereocenters. The van der Waals surface area contributed by atoms with Gasteiger partial charge < -0.3 is 15.4 Å². The molecule has 0 aliphatic carbocycles. The highest BCUT2D eigenvalue weighted by atomic mass is 35.5. The van der Waals surface area contributed by atoms with Crippen LogP contribution in [0.1, 0.15) is 31.1 Å². The monoisotopic (exact) mass is 416 g/mol. The molecule has 0 fully saturated rings. The summed E-state index contributed by atoms with van der Waals surface area (Å²) in [6.07, 6.45) is 2.73. The van der Waals surface area contributed by atoms with Gasteiger partial charge in [0.1, 0.15) is 17.2 Å². The number of nitrogens with zero attached hydrogens (tertiary/aromatic N) is 2. The number of primary amides is 1. The first-order valence-electron chi connectivity index (χ1n) is 9.12. The highest BCUT2D eigenvalue weighted by Crippen LogP contribution is 2.27. The van der Waals surface area contributed by atoms with Crippen LogP contribution in [0.25, 0.3) is 0 Å². The van der Waals surface area contributed by atoms with Crippen LogP contribution in [0, 0.1) is 0 Å². The number of hydrogen-bond acceptors (Lipinski definition) is 6. The van der Waals surface area contributed by atoms with E-state index in [0.29, 0.717) is 22.1 Å². The number of rotatable bonds is 5. The topological polar surface area (TPSA) is 109 Å². The number of fused-ring (bicyclic) bond motifs is 1. The highest BCUT2D eigenvalue weighted by molar-refractivity contribution is 6.34. The summed E-state index contributed by atoms with van der Waals surface area (Å²) in [6, 6.07) is 8.12. The van der Waals surface area contributed by atoms with Crippen LogP contribution in [-0.4, -0.2) is 41.0 Å². The molecule has 29 heavy (non-hydrogen) atoms. The van der Waals surface area contributed by atoms with Gasteiger partial charge in [-0.15, -0.1) is 0 Å². The minimum Gasteiger partial charge on any atom is -0.444 e. The molecular formula is C20H23ClN5O3+. The second-order valence-electron chi connectivity index (χ2n) is 7.50. The van der Waals surface area contributed by atoms with E-state index in [1.165, 1.54) is 5.32 Å². The van der Waals surface area contributed by atoms with Gasteiger partial charge in [-0.3, -0.25) is 4.98 Å². The third-order valence-electron chi connectivity index (χ3n) is 3.99. The predicted molar refractivity (Wildman–Crippen MR) is 111 cm³/mol. The number of anilines is 1. The fraction of sp³-hybridized carbons (Fsp3) is 0.300. The molecule has 3 rings (SSSR count). The molecule has 1 aliphatic rings. The number of hydrogen-bond donors (Lipinski definition) is 3. The Balaban J connectivity index is 1.85. The van der Waals surface area contributed by atoms with Crippen molar-refractivity contribution >= 4 is 40.8 Å². The van der Waals surface area contributed by atoms with Crippen molar-refractivity contribution in [1.29, 1.82) is 0 Å². The molecule has 9 heteroatoms. The van der Waals surface area contributed by atoms with Gasteiger partial charge >= 0.3 is 12.0 Å². The maximum atomic E-state index is 12.6. The normalized spacial score (nSPS) is 14.5. The van der Waals surface area contributed by atoms with Crippen LogP contribution in [0.2, 0.25) is 5.02 Å². The minimum absolute atomic E-state index is 0.257. The second-order valence-corrected chi connectivity index (χ2v) is 7.91. The maximum Gasteiger partial charge on any atom is 0.408 e. The van der Waals surface area contributed by atoms with Gasteiger partial charge in [0.15, 0.2) is 0 Å². The van der Waals surface area contributed by atoms with Gasteiger partial charge in [-0.2, -0.15) is 4.99 Å². The SMILES string of the molecule is CC(C)(C)OC(=O)N[C@@H](CNc1cccnc1)C1=Nc2cccc(Cl)c2C(=O)[NH2+]1. The van der Waals surface area contributed by atoms with Gasteiger partial charge in [0.2, 0.25) is 5.84 Å². The fourth-order valence-corrected chi connectivity index (χ4v) is 3.04. The molecule has 152 valence electrons. The number of alkyl carbamates (subject to hydrolysis) is 1. The zero-order valence-corrected chi connectivity index (χ0v) is 17.2. The van der Waals surface area contributed by atoms with E-state index >= 15 is 0 Å². The van der Waals surface area contributed by atoms with Crippen molar-refractivity contribution in [3.8, 4) is 0 Å². The number of carbonyl (C=O) groups is 2. The van der Waals surface area contributed by atoms with Crippen molar-refractivity contribution in [1.82, 2.24) is 10.3 Å². The molecule has 0 saturated carbocycles. The van der Waals surface area contributed by atoms with Crippen molar-refractivity contribution in [3.05, 3.63) is 53.3 Å². The number of amides is 2. The summed E-state index contributed by atoms with van der Waals surface area (Å²) in [7, 11) is 0. The average Bonchev–Trinajstić information content (AvgIpc) is 2.64. The Bertz CT molecular complexity index is 941. The molecule has 0 bridgehead atoms. The number of carbonyl (C=O) groups excluding carboxylic acids is 2. The number of quaternary nitrogens is 1. The van der Waals surface area contributed by atoms with Gasteiger partial charge in [-0.1, -0.05) is 17.7 Å². The average molecular weight is 417 g/mol. The molecule has 8 nitrogen and oxygen atoms in total. The van der Waals surface area contributed by atoms with E-state index in [4.69, 9.17) is 16.3 Å². The van der Waals surface area contributed by atoms with E-state index in [1.807, 2.05) is 6.07 Å². The first kappa shape index (κ1) is 20.8. The summed E-state index contributed by atoms with van der Waals surface area (Å²) in [5.74, 6) is 0.153. The van der Waals surface area contributed by atoms with E-state index in [-0.39, 0.29) is 12.5 Å². The van der Waals surface area contributed by atoms with Crippen molar-refractivity contribution in [2.24, 2.45) is 4.99 Å². The quantitative estimate of drug-likeness (QED) is 0.693. The highest BCUT2D eigenvalue weighted by Gasteiger charge is 2.33. The van der Waals surface area contributed by atoms with Gasteiger partial charge in [0.05, 0.1) is 16.4 Å². The van der Waals surface area contributed by atoms with Crippen LogP contribution in [0.4, 0.5) is 16.2 Å². The van der Waals surface area contributed by atoms with E-state index in [9.17, 15) is 9.59 Å². The molecule has 2 aromatic rings. The van der Waals surface area contributed by atoms with Crippen LogP contribution < -0.4 is 16.0 Å². The van der Waals surface area contributed by atoms with E-state index < -0.39 is 17.7 Å². The Morgan fingerprint density at radius 2 is 2.07 bits per heavy atom. The van der Waals surface area contributed by atoms with Gasteiger partial charge in [-0.05, 0) is 45.0 Å². The summed E-state index contributed by atoms with van der Waals surface area (Å²) < 4.78 is 5.36. The molecule has 0 spiro atoms. The first-order valence-corrected chi connectivity index (χ1v) is 9.50. The van der Waals surface area contributed by atoms with E-state index in [0.717, 1.165) is 5.69 Å². The largest absolute Gasteiger partial charge is 0.444 e. The Labute approximate surface area is 173 Å². The number of nitrogens with one attached hydrogen (secondary N) is 2. The molecule has 2 heterocycles. The van der Waals surface area contributed by atoms with Crippen molar-refractivity contribution in [2.45, 2.75) is 32.4 Å². The lowest BCUT2D eigenvalue weighted by atomic mass is 10.1. The predicted octanol–water partition coefficient (Wildman–Crippen LogP) is 2.49. The van der Waals surface area contributed by atoms with E-state index in [2.05, 4.69) is 20.6 Å². The van der Waals surface area contributed by atoms with Crippen LogP contribution in [0.3, 0.4) is 0 Å². The lowest BCUT2D eigenvalue weighted by Gasteiger charge is -2.24. The summed E-state index contributed by atoms with van der Waals surface area (Å²) in [6.45, 7) is 5.62. The lowest BCUT2D eigenvalue weighted by molar-refractivity contribution is -0.435. The molecule has 1 aromatic heterocycles. The third-order valence-corrected chi connectivity index (χ3v) is 4.30. The number of amidine groups is 1. The van der Waals surface area contributed by atoms with Gasteiger partial charge in [0, 0.05) is 18.9 Å². The van der Waals surface area contributed by atoms with Crippen molar-refractivity contribution in [2.75, 3.05) is 11.9 Å². The number of ether oxygens (including phenoxy) is 1. The van der Waals surface area contributed by atoms with Crippen LogP contribution in [-0.2, 0) is 4.74 Å². The molecule has 2 amide bonds. The summed E-state index contributed by atoms with van der Waals surface area (Å²) in [5.41, 5.74) is 0.945. The first-order chi connectivity index (χ1) is 13.7. The Morgan fingerprint density at radius 1 is 1.28 bits per heavy atom. The molecule has 0 radical (unpaired) electrons. The Morgan fingerprint density at radius 3 is 2.76 bits per heavy atom. The number of aliphatic imine (C=N–C) groups is 1. The Kier molecular flexibility index (Phi) is 6.14. The van der Waals surface area contributed by atoms with Crippen molar-refractivity contribution in [3.63, 3.8) is 0 Å². The molecule has 4 N–H and O–H groups in total. The molecule has 1 aliphatic heterocycles. The number of aromatic nitrogens is 1. The van der Waals surface area contributed by atoms with E-state index in [1.54, 1.807) is 57.4 Å². The van der Waals surface area contributed by atoms with Gasteiger partial charge in [0.25, 0.3) is 0 Å². The summed E-state index contributed by atoms with van der Waals surface area (Å²) in [4.78, 5) is 33.6. The molecular weight excluding hydrogens is 394 g/mol. The molecule has 1 aromatic carbocycles. The zero-order chi connectivity index (χ0) is 21.0. The number of benzene rings is 1. The third kappa shape index (κ3) is 5.52. The lowest BCUT2D eigenvalue weighted by Crippen LogP contribution is -2.95. The number of nitrogens with two attached hydrogens (primary N) is 1.